The van der Waals surface area contributed by atoms with E-state index in [1.165, 1.54) is 0 Å². The first-order chi connectivity index (χ1) is 15.7. The summed E-state index contributed by atoms with van der Waals surface area (Å²) in [5.74, 6) is 0.485. The molecule has 6 heteroatoms. The minimum atomic E-state index is -0.0452. The van der Waals surface area contributed by atoms with E-state index in [0.717, 1.165) is 28.1 Å². The van der Waals surface area contributed by atoms with Gasteiger partial charge in [-0.05, 0) is 49.2 Å². The highest BCUT2D eigenvalue weighted by Crippen LogP contribution is 2.36. The van der Waals surface area contributed by atoms with Crippen molar-refractivity contribution in [1.82, 2.24) is 9.88 Å². The standard InChI is InChI=1S/C26H22N2O3S/c29-24(28-16-6-10-22(28)26-27-21-9-4-5-11-23(21)32-26)17-31-20-14-12-19(13-15-20)25(30)18-7-2-1-3-8-18/h1-5,7-9,11-15,22H,6,10,16-17H2/t22-/m1/s1. The zero-order chi connectivity index (χ0) is 21.9. The van der Waals surface area contributed by atoms with Crippen LogP contribution in [0, 0.1) is 0 Å². The van der Waals surface area contributed by atoms with Crippen molar-refractivity contribution in [1.29, 1.82) is 0 Å². The molecule has 1 aliphatic rings. The Morgan fingerprint density at radius 1 is 0.938 bits per heavy atom. The van der Waals surface area contributed by atoms with Gasteiger partial charge in [0.1, 0.15) is 10.8 Å². The number of ketones is 1. The SMILES string of the molecule is O=C(c1ccccc1)c1ccc(OCC(=O)N2CCC[C@@H]2c2nc3ccccc3s2)cc1. The Balaban J connectivity index is 1.22. The second-order valence-corrected chi connectivity index (χ2v) is 8.84. The fourth-order valence-corrected chi connectivity index (χ4v) is 5.16. The topological polar surface area (TPSA) is 59.5 Å². The van der Waals surface area contributed by atoms with Crippen molar-refractivity contribution in [3.8, 4) is 5.75 Å². The number of thiazole rings is 1. The van der Waals surface area contributed by atoms with E-state index >= 15 is 0 Å². The number of likely N-dealkylation sites (tertiary alicyclic amines) is 1. The van der Waals surface area contributed by atoms with Gasteiger partial charge < -0.3 is 9.64 Å². The van der Waals surface area contributed by atoms with Gasteiger partial charge in [-0.2, -0.15) is 0 Å². The maximum atomic E-state index is 12.9. The molecular weight excluding hydrogens is 420 g/mol. The maximum absolute atomic E-state index is 12.9. The number of fused-ring (bicyclic) bond motifs is 1. The van der Waals surface area contributed by atoms with Crippen molar-refractivity contribution in [2.75, 3.05) is 13.2 Å². The van der Waals surface area contributed by atoms with E-state index < -0.39 is 0 Å². The molecule has 1 aliphatic heterocycles. The summed E-state index contributed by atoms with van der Waals surface area (Å²) < 4.78 is 6.89. The number of amides is 1. The molecule has 1 saturated heterocycles. The highest BCUT2D eigenvalue weighted by atomic mass is 32.1. The fourth-order valence-electron chi connectivity index (χ4n) is 4.04. The average molecular weight is 443 g/mol. The first kappa shape index (κ1) is 20.4. The number of nitrogens with zero attached hydrogens (tertiary/aromatic N) is 2. The van der Waals surface area contributed by atoms with Gasteiger partial charge in [-0.15, -0.1) is 11.3 Å². The van der Waals surface area contributed by atoms with E-state index in [2.05, 4.69) is 6.07 Å². The number of ether oxygens (including phenoxy) is 1. The lowest BCUT2D eigenvalue weighted by atomic mass is 10.0. The van der Waals surface area contributed by atoms with Gasteiger partial charge in [-0.25, -0.2) is 4.98 Å². The molecule has 0 aliphatic carbocycles. The third kappa shape index (κ3) is 4.14. The first-order valence-corrected chi connectivity index (χ1v) is 11.5. The number of rotatable bonds is 6. The molecule has 2 heterocycles. The summed E-state index contributed by atoms with van der Waals surface area (Å²) in [5, 5.41) is 0.987. The lowest BCUT2D eigenvalue weighted by molar-refractivity contribution is -0.134. The van der Waals surface area contributed by atoms with Gasteiger partial charge >= 0.3 is 0 Å². The minimum absolute atomic E-state index is 0.00868. The predicted octanol–water partition coefficient (Wildman–Crippen LogP) is 5.27. The Morgan fingerprint density at radius 2 is 1.66 bits per heavy atom. The maximum Gasteiger partial charge on any atom is 0.261 e. The van der Waals surface area contributed by atoms with Crippen LogP contribution in [0.15, 0.2) is 78.9 Å². The molecular formula is C26H22N2O3S. The van der Waals surface area contributed by atoms with Gasteiger partial charge in [0.05, 0.1) is 16.3 Å². The van der Waals surface area contributed by atoms with Crippen molar-refractivity contribution in [3.05, 3.63) is 95.0 Å². The molecule has 4 aromatic rings. The van der Waals surface area contributed by atoms with E-state index in [-0.39, 0.29) is 24.3 Å². The van der Waals surface area contributed by atoms with Gasteiger partial charge in [0.15, 0.2) is 12.4 Å². The number of carbonyl (C=O) groups is 2. The van der Waals surface area contributed by atoms with Crippen molar-refractivity contribution >= 4 is 33.2 Å². The number of para-hydroxylation sites is 1. The van der Waals surface area contributed by atoms with Crippen LogP contribution >= 0.6 is 11.3 Å². The first-order valence-electron chi connectivity index (χ1n) is 10.7. The van der Waals surface area contributed by atoms with Crippen molar-refractivity contribution in [2.45, 2.75) is 18.9 Å². The lowest BCUT2D eigenvalue weighted by Gasteiger charge is -2.23. The number of hydrogen-bond donors (Lipinski definition) is 0. The van der Waals surface area contributed by atoms with Crippen molar-refractivity contribution in [3.63, 3.8) is 0 Å². The molecule has 0 unspecified atom stereocenters. The summed E-state index contributed by atoms with van der Waals surface area (Å²) in [7, 11) is 0. The van der Waals surface area contributed by atoms with Crippen LogP contribution in [0.3, 0.4) is 0 Å². The average Bonchev–Trinajstić information content (AvgIpc) is 3.50. The normalized spacial score (nSPS) is 15.8. The van der Waals surface area contributed by atoms with E-state index in [9.17, 15) is 9.59 Å². The molecule has 1 aromatic heterocycles. The van der Waals surface area contributed by atoms with Gasteiger partial charge in [0.2, 0.25) is 0 Å². The predicted molar refractivity (Wildman–Crippen MR) is 125 cm³/mol. The zero-order valence-electron chi connectivity index (χ0n) is 17.4. The highest BCUT2D eigenvalue weighted by molar-refractivity contribution is 7.18. The Labute approximate surface area is 190 Å². The fraction of sp³-hybridized carbons (Fsp3) is 0.192. The second kappa shape index (κ2) is 8.93. The van der Waals surface area contributed by atoms with Gasteiger partial charge in [0, 0.05) is 17.7 Å². The van der Waals surface area contributed by atoms with Gasteiger partial charge in [0.25, 0.3) is 5.91 Å². The van der Waals surface area contributed by atoms with Crippen LogP contribution in [0.2, 0.25) is 0 Å². The molecule has 32 heavy (non-hydrogen) atoms. The van der Waals surface area contributed by atoms with Crippen LogP contribution in [0.5, 0.6) is 5.75 Å². The van der Waals surface area contributed by atoms with E-state index in [1.54, 1.807) is 47.7 Å². The molecule has 3 aromatic carbocycles. The molecule has 0 saturated carbocycles. The Bertz CT molecular complexity index is 1220. The monoisotopic (exact) mass is 442 g/mol. The van der Waals surface area contributed by atoms with Crippen LogP contribution in [0.4, 0.5) is 0 Å². The summed E-state index contributed by atoms with van der Waals surface area (Å²) in [6.45, 7) is 0.681. The number of benzene rings is 3. The van der Waals surface area contributed by atoms with E-state index in [0.29, 0.717) is 23.4 Å². The molecule has 5 nitrogen and oxygen atoms in total. The Hall–Kier alpha value is -3.51. The molecule has 0 radical (unpaired) electrons. The van der Waals surface area contributed by atoms with Crippen LogP contribution in [-0.4, -0.2) is 34.7 Å². The molecule has 1 atom stereocenters. The third-order valence-corrected chi connectivity index (χ3v) is 6.82. The van der Waals surface area contributed by atoms with Crippen LogP contribution < -0.4 is 4.74 Å². The van der Waals surface area contributed by atoms with Gasteiger partial charge in [-0.1, -0.05) is 42.5 Å². The molecule has 0 N–H and O–H groups in total. The smallest absolute Gasteiger partial charge is 0.261 e. The summed E-state index contributed by atoms with van der Waals surface area (Å²) in [6, 6.07) is 24.2. The van der Waals surface area contributed by atoms with Gasteiger partial charge in [-0.3, -0.25) is 9.59 Å². The van der Waals surface area contributed by atoms with Crippen LogP contribution in [0.25, 0.3) is 10.2 Å². The summed E-state index contributed by atoms with van der Waals surface area (Å²) in [4.78, 5) is 32.1. The summed E-state index contributed by atoms with van der Waals surface area (Å²) >= 11 is 1.65. The molecule has 1 fully saturated rings. The number of aromatic nitrogens is 1. The number of carbonyl (C=O) groups excluding carboxylic acids is 2. The van der Waals surface area contributed by atoms with Crippen molar-refractivity contribution < 1.29 is 14.3 Å². The molecule has 0 bridgehead atoms. The molecule has 0 spiro atoms. The summed E-state index contributed by atoms with van der Waals surface area (Å²) in [5.41, 5.74) is 2.21. The Morgan fingerprint density at radius 3 is 2.44 bits per heavy atom. The van der Waals surface area contributed by atoms with E-state index in [1.807, 2.05) is 41.3 Å². The molecule has 1 amide bonds. The molecule has 160 valence electrons. The summed E-state index contributed by atoms with van der Waals surface area (Å²) in [6.07, 6.45) is 1.88. The van der Waals surface area contributed by atoms with Crippen LogP contribution in [-0.2, 0) is 4.79 Å². The minimum Gasteiger partial charge on any atom is -0.484 e. The lowest BCUT2D eigenvalue weighted by Crippen LogP contribution is -2.34. The quantitative estimate of drug-likeness (QED) is 0.382. The number of hydrogen-bond acceptors (Lipinski definition) is 5. The zero-order valence-corrected chi connectivity index (χ0v) is 18.3. The second-order valence-electron chi connectivity index (χ2n) is 7.77. The van der Waals surface area contributed by atoms with Crippen molar-refractivity contribution in [2.24, 2.45) is 0 Å². The van der Waals surface area contributed by atoms with Crippen LogP contribution in [0.1, 0.15) is 39.8 Å². The van der Waals surface area contributed by atoms with E-state index in [4.69, 9.17) is 9.72 Å². The largest absolute Gasteiger partial charge is 0.484 e. The third-order valence-electron chi connectivity index (χ3n) is 5.68. The Kier molecular flexibility index (Phi) is 5.69. The highest BCUT2D eigenvalue weighted by Gasteiger charge is 2.32. The molecule has 5 rings (SSSR count).